The Morgan fingerprint density at radius 2 is 0.769 bits per heavy atom. The molecule has 0 spiro atoms. The number of nitrogens with zero attached hydrogens (tertiary/aromatic N) is 3. The van der Waals surface area contributed by atoms with Gasteiger partial charge in [0.15, 0.2) is 0 Å². The summed E-state index contributed by atoms with van der Waals surface area (Å²) in [4.78, 5) is 5.15. The SMILES string of the molecule is Cc1ccc(N(c2ccc(C(C)(C)C)cc2)c2cc3c(c4c2-c2ccccc2C4(C)C)-c2c(cc(N(c4ccc(C(C)(C)C)cc4)c4ccc(C)c(C)c4)c4c2oc2ccccc24)C3(c2ccc(C(C)(C)C)cc2)c2ccc3c(c2)c2cc(C(C)(C)C)ccc2n3-c2ccc(C(C)(C)C)cc2)cc1C. The molecular weight excluding hydrogens is 1260 g/mol. The predicted molar refractivity (Wildman–Crippen MR) is 445 cm³/mol. The molecule has 0 amide bonds. The van der Waals surface area contributed by atoms with Gasteiger partial charge in [-0.3, -0.25) is 0 Å². The first-order valence-electron chi connectivity index (χ1n) is 37.7. The Morgan fingerprint density at radius 3 is 1.31 bits per heavy atom. The van der Waals surface area contributed by atoms with Crippen molar-refractivity contribution in [3.05, 3.63) is 314 Å². The molecule has 1 unspecified atom stereocenters. The Kier molecular flexibility index (Phi) is 15.5. The fraction of sp³-hybridized carbons (Fsp3) is 0.280. The summed E-state index contributed by atoms with van der Waals surface area (Å²) < 4.78 is 10.5. The van der Waals surface area contributed by atoms with Crippen LogP contribution in [-0.2, 0) is 37.9 Å². The second-order valence-electron chi connectivity index (χ2n) is 36.1. The number of hydrogen-bond donors (Lipinski definition) is 0. The smallest absolute Gasteiger partial charge is 0.145 e. The third-order valence-electron chi connectivity index (χ3n) is 23.7. The fourth-order valence-corrected chi connectivity index (χ4v) is 17.3. The molecule has 0 saturated heterocycles. The maximum atomic E-state index is 7.95. The Hall–Kier alpha value is -10.2. The summed E-state index contributed by atoms with van der Waals surface area (Å²) in [7, 11) is 0. The number of hydrogen-bond acceptors (Lipinski definition) is 3. The van der Waals surface area contributed by atoms with E-state index in [2.05, 4.69) is 390 Å². The molecule has 4 heteroatoms. The van der Waals surface area contributed by atoms with E-state index >= 15 is 0 Å². The van der Waals surface area contributed by atoms with Gasteiger partial charge in [0.2, 0.25) is 0 Å². The van der Waals surface area contributed by atoms with Crippen LogP contribution in [0.25, 0.3) is 71.7 Å². The van der Waals surface area contributed by atoms with E-state index in [1.54, 1.807) is 0 Å². The quantitative estimate of drug-likeness (QED) is 0.144. The number of furan rings is 1. The molecule has 16 rings (SSSR count). The number of benzene rings is 12. The van der Waals surface area contributed by atoms with Crippen molar-refractivity contribution < 1.29 is 4.42 Å². The molecule has 2 aliphatic rings. The summed E-state index contributed by atoms with van der Waals surface area (Å²) in [5.74, 6) is 0. The molecule has 104 heavy (non-hydrogen) atoms. The molecule has 4 nitrogen and oxygen atoms in total. The molecule has 0 radical (unpaired) electrons. The fourth-order valence-electron chi connectivity index (χ4n) is 17.3. The van der Waals surface area contributed by atoms with E-state index in [-0.39, 0.29) is 27.1 Å². The third kappa shape index (κ3) is 10.7. The van der Waals surface area contributed by atoms with Crippen LogP contribution < -0.4 is 9.80 Å². The molecule has 0 saturated carbocycles. The van der Waals surface area contributed by atoms with Crippen molar-refractivity contribution in [2.75, 3.05) is 9.80 Å². The monoisotopic (exact) mass is 1360 g/mol. The minimum atomic E-state index is -1.04. The van der Waals surface area contributed by atoms with E-state index < -0.39 is 10.8 Å². The van der Waals surface area contributed by atoms with E-state index in [0.29, 0.717) is 0 Å². The first-order chi connectivity index (χ1) is 49.1. The van der Waals surface area contributed by atoms with Crippen LogP contribution in [0.4, 0.5) is 34.1 Å². The Labute approximate surface area is 618 Å². The maximum absolute atomic E-state index is 7.95. The number of aryl methyl sites for hydroxylation is 4. The average molecular weight is 1360 g/mol. The van der Waals surface area contributed by atoms with Gasteiger partial charge < -0.3 is 18.8 Å². The molecule has 0 N–H and O–H groups in total. The Bertz CT molecular complexity index is 5790. The van der Waals surface area contributed by atoms with Crippen molar-refractivity contribution in [3.8, 4) is 27.9 Å². The summed E-state index contributed by atoms with van der Waals surface area (Å²) in [5.41, 5.74) is 33.5. The third-order valence-corrected chi connectivity index (χ3v) is 23.7. The van der Waals surface area contributed by atoms with Crippen molar-refractivity contribution in [1.82, 2.24) is 4.57 Å². The lowest BCUT2D eigenvalue weighted by Crippen LogP contribution is -2.30. The number of anilines is 6. The van der Waals surface area contributed by atoms with Crippen LogP contribution in [-0.4, -0.2) is 4.57 Å². The first kappa shape index (κ1) is 68.3. The minimum absolute atomic E-state index is 0.00504. The van der Waals surface area contributed by atoms with Gasteiger partial charge in [-0.05, 0) is 252 Å². The van der Waals surface area contributed by atoms with Crippen LogP contribution >= 0.6 is 0 Å². The highest BCUT2D eigenvalue weighted by molar-refractivity contribution is 6.21. The van der Waals surface area contributed by atoms with Gasteiger partial charge in [-0.1, -0.05) is 245 Å². The molecule has 0 bridgehead atoms. The molecule has 1 atom stereocenters. The minimum Gasteiger partial charge on any atom is -0.455 e. The summed E-state index contributed by atoms with van der Waals surface area (Å²) in [6, 6.07) is 90.4. The first-order valence-corrected chi connectivity index (χ1v) is 37.7. The highest BCUT2D eigenvalue weighted by atomic mass is 16.3. The molecule has 14 aromatic rings. The molecule has 0 aliphatic heterocycles. The van der Waals surface area contributed by atoms with Crippen molar-refractivity contribution >= 4 is 77.9 Å². The lowest BCUT2D eigenvalue weighted by molar-refractivity contribution is 0.589. The van der Waals surface area contributed by atoms with Crippen molar-refractivity contribution in [2.24, 2.45) is 0 Å². The van der Waals surface area contributed by atoms with Crippen LogP contribution in [0.3, 0.4) is 0 Å². The second kappa shape index (κ2) is 23.7. The zero-order chi connectivity index (χ0) is 73.4. The van der Waals surface area contributed by atoms with Gasteiger partial charge >= 0.3 is 0 Å². The molecule has 522 valence electrons. The van der Waals surface area contributed by atoms with Crippen LogP contribution in [0.15, 0.2) is 235 Å². The Balaban J connectivity index is 1.15. The summed E-state index contributed by atoms with van der Waals surface area (Å²) >= 11 is 0. The van der Waals surface area contributed by atoms with Crippen LogP contribution in [0.1, 0.15) is 201 Å². The predicted octanol–water partition coefficient (Wildman–Crippen LogP) is 28.0. The molecular formula is C100H101N3O. The van der Waals surface area contributed by atoms with E-state index in [1.807, 2.05) is 0 Å². The van der Waals surface area contributed by atoms with E-state index in [9.17, 15) is 0 Å². The molecule has 12 aromatic carbocycles. The topological polar surface area (TPSA) is 24.6 Å². The maximum Gasteiger partial charge on any atom is 0.145 e. The number of rotatable bonds is 9. The van der Waals surface area contributed by atoms with E-state index in [4.69, 9.17) is 4.42 Å². The average Bonchev–Trinajstić information content (AvgIpc) is 1.49. The van der Waals surface area contributed by atoms with Gasteiger partial charge in [0, 0.05) is 61.1 Å². The summed E-state index contributed by atoms with van der Waals surface area (Å²) in [5, 5.41) is 4.58. The van der Waals surface area contributed by atoms with Crippen LogP contribution in [0.2, 0.25) is 0 Å². The van der Waals surface area contributed by atoms with Gasteiger partial charge in [-0.25, -0.2) is 0 Å². The van der Waals surface area contributed by atoms with Gasteiger partial charge in [0.1, 0.15) is 11.2 Å². The van der Waals surface area contributed by atoms with Crippen molar-refractivity contribution in [2.45, 2.75) is 183 Å². The van der Waals surface area contributed by atoms with Gasteiger partial charge in [-0.2, -0.15) is 0 Å². The lowest BCUT2D eigenvalue weighted by atomic mass is 9.66. The molecule has 2 heterocycles. The Morgan fingerprint density at radius 1 is 0.337 bits per heavy atom. The summed E-state index contributed by atoms with van der Waals surface area (Å²) in [6.45, 7) is 48.8. The van der Waals surface area contributed by atoms with Gasteiger partial charge in [0.05, 0.1) is 33.2 Å². The standard InChI is InChI=1S/C100H101N3O/c1-60-30-44-74(54-62(60)3)101(71-46-36-65(37-47-71)95(8,9)10)85-58-81-90(92-88(85)76-26-22-24-28-80(76)99(92,20)21)91-82(59-86(89-77-27-23-25-29-87(77)104-93(89)91)102(75-45-31-61(2)63(4)55-75)72-48-38-66(39-49-72)96(11,12)13)100(81,68-34-32-64(33-35-68)94(5,6)7)70-43-53-84-79(57-70)78-56-69(98(17,18)19)42-52-83(78)103(84)73-50-40-67(41-51-73)97(14,15)16/h22-59H,1-21H3. The summed E-state index contributed by atoms with van der Waals surface area (Å²) in [6.07, 6.45) is 0. The van der Waals surface area contributed by atoms with E-state index in [0.717, 1.165) is 72.8 Å². The normalized spacial score (nSPS) is 15.1. The number of aromatic nitrogens is 1. The van der Waals surface area contributed by atoms with Crippen LogP contribution in [0.5, 0.6) is 0 Å². The number of para-hydroxylation sites is 1. The van der Waals surface area contributed by atoms with Gasteiger partial charge in [-0.15, -0.1) is 0 Å². The van der Waals surface area contributed by atoms with Crippen molar-refractivity contribution in [3.63, 3.8) is 0 Å². The molecule has 0 fully saturated rings. The van der Waals surface area contributed by atoms with E-state index in [1.165, 1.54) is 116 Å². The molecule has 2 aliphatic carbocycles. The van der Waals surface area contributed by atoms with Crippen LogP contribution in [0, 0.1) is 27.7 Å². The second-order valence-corrected chi connectivity index (χ2v) is 36.1. The van der Waals surface area contributed by atoms with Crippen molar-refractivity contribution in [1.29, 1.82) is 0 Å². The highest BCUT2D eigenvalue weighted by Crippen LogP contribution is 2.68. The zero-order valence-electron chi connectivity index (χ0n) is 65.2. The largest absolute Gasteiger partial charge is 0.455 e. The number of fused-ring (bicyclic) bond motifs is 14. The highest BCUT2D eigenvalue weighted by Gasteiger charge is 2.54. The van der Waals surface area contributed by atoms with Gasteiger partial charge in [0.25, 0.3) is 0 Å². The lowest BCUT2D eigenvalue weighted by Gasteiger charge is -2.37. The zero-order valence-corrected chi connectivity index (χ0v) is 65.2. The molecule has 2 aromatic heterocycles.